The Morgan fingerprint density at radius 2 is 1.81 bits per heavy atom. The predicted octanol–water partition coefficient (Wildman–Crippen LogP) is 4.31. The van der Waals surface area contributed by atoms with Gasteiger partial charge in [0.25, 0.3) is 0 Å². The van der Waals surface area contributed by atoms with Crippen LogP contribution in [0.5, 0.6) is 5.75 Å². The molecule has 0 unspecified atom stereocenters. The Bertz CT molecular complexity index is 548. The number of halogens is 1. The molecule has 0 aromatic heterocycles. The molecule has 0 spiro atoms. The van der Waals surface area contributed by atoms with E-state index in [1.165, 1.54) is 18.4 Å². The number of amides is 1. The Morgan fingerprint density at radius 3 is 2.37 bits per heavy atom. The van der Waals surface area contributed by atoms with Crippen LogP contribution in [0.15, 0.2) is 24.3 Å². The summed E-state index contributed by atoms with van der Waals surface area (Å²) in [4.78, 5) is 15.0. The summed E-state index contributed by atoms with van der Waals surface area (Å²) in [6, 6.07) is 8.16. The van der Waals surface area contributed by atoms with E-state index in [1.807, 2.05) is 12.1 Å². The summed E-state index contributed by atoms with van der Waals surface area (Å²) >= 11 is 0. The van der Waals surface area contributed by atoms with Gasteiger partial charge in [-0.05, 0) is 67.8 Å². The van der Waals surface area contributed by atoms with Crippen LogP contribution in [0.25, 0.3) is 0 Å². The molecule has 0 radical (unpaired) electrons. The SMILES string of the molecule is COc1ccc(CCN(CC(C)(C)C)C(=O)CCC2CCNCC2)cc1.Cl. The molecule has 5 heteroatoms. The highest BCUT2D eigenvalue weighted by molar-refractivity contribution is 5.85. The van der Waals surface area contributed by atoms with E-state index in [0.717, 1.165) is 44.8 Å². The van der Waals surface area contributed by atoms with Crippen molar-refractivity contribution in [1.29, 1.82) is 0 Å². The molecule has 1 aliphatic rings. The maximum atomic E-state index is 12.9. The lowest BCUT2D eigenvalue weighted by molar-refractivity contribution is -0.132. The number of hydrogen-bond donors (Lipinski definition) is 1. The normalized spacial score (nSPS) is 15.1. The van der Waals surface area contributed by atoms with Crippen molar-refractivity contribution in [3.05, 3.63) is 29.8 Å². The molecule has 0 saturated carbocycles. The minimum Gasteiger partial charge on any atom is -0.497 e. The zero-order valence-corrected chi connectivity index (χ0v) is 18.2. The number of hydrogen-bond acceptors (Lipinski definition) is 3. The molecule has 4 nitrogen and oxygen atoms in total. The highest BCUT2D eigenvalue weighted by Crippen LogP contribution is 2.21. The van der Waals surface area contributed by atoms with Gasteiger partial charge in [-0.1, -0.05) is 32.9 Å². The Morgan fingerprint density at radius 1 is 1.19 bits per heavy atom. The summed E-state index contributed by atoms with van der Waals surface area (Å²) in [5.74, 6) is 1.89. The van der Waals surface area contributed by atoms with E-state index < -0.39 is 0 Å². The number of piperidine rings is 1. The second kappa shape index (κ2) is 11.6. The second-order valence-electron chi connectivity index (χ2n) is 8.71. The molecule has 1 aliphatic heterocycles. The third-order valence-electron chi connectivity index (χ3n) is 5.07. The van der Waals surface area contributed by atoms with Gasteiger partial charge in [-0.15, -0.1) is 12.4 Å². The van der Waals surface area contributed by atoms with E-state index in [-0.39, 0.29) is 17.8 Å². The molecule has 0 aliphatic carbocycles. The minimum atomic E-state index is 0. The zero-order chi connectivity index (χ0) is 19.0. The molecule has 1 aromatic carbocycles. The van der Waals surface area contributed by atoms with Crippen molar-refractivity contribution in [2.75, 3.05) is 33.3 Å². The highest BCUT2D eigenvalue weighted by Gasteiger charge is 2.22. The highest BCUT2D eigenvalue weighted by atomic mass is 35.5. The van der Waals surface area contributed by atoms with Gasteiger partial charge in [0.1, 0.15) is 5.75 Å². The number of ether oxygens (including phenoxy) is 1. The number of rotatable bonds is 8. The van der Waals surface area contributed by atoms with Gasteiger partial charge in [0.2, 0.25) is 5.91 Å². The fourth-order valence-corrected chi connectivity index (χ4v) is 3.58. The Hall–Kier alpha value is -1.26. The van der Waals surface area contributed by atoms with Crippen molar-refractivity contribution in [3.8, 4) is 5.75 Å². The molecule has 0 bridgehead atoms. The van der Waals surface area contributed by atoms with Crippen LogP contribution in [-0.2, 0) is 11.2 Å². The molecule has 154 valence electrons. The number of benzene rings is 1. The lowest BCUT2D eigenvalue weighted by atomic mass is 9.92. The van der Waals surface area contributed by atoms with Gasteiger partial charge in [-0.25, -0.2) is 0 Å². The maximum absolute atomic E-state index is 12.9. The van der Waals surface area contributed by atoms with E-state index in [0.29, 0.717) is 18.2 Å². The number of methoxy groups -OCH3 is 1. The van der Waals surface area contributed by atoms with Gasteiger partial charge in [0, 0.05) is 19.5 Å². The van der Waals surface area contributed by atoms with E-state index in [2.05, 4.69) is 43.1 Å². The van der Waals surface area contributed by atoms with Crippen LogP contribution in [0, 0.1) is 11.3 Å². The largest absolute Gasteiger partial charge is 0.497 e. The van der Waals surface area contributed by atoms with Gasteiger partial charge in [0.05, 0.1) is 7.11 Å². The summed E-state index contributed by atoms with van der Waals surface area (Å²) in [5.41, 5.74) is 1.36. The Labute approximate surface area is 171 Å². The summed E-state index contributed by atoms with van der Waals surface area (Å²) in [6.07, 6.45) is 5.02. The average Bonchev–Trinajstić information content (AvgIpc) is 2.63. The minimum absolute atomic E-state index is 0. The molecule has 1 amide bonds. The monoisotopic (exact) mass is 396 g/mol. The smallest absolute Gasteiger partial charge is 0.222 e. The predicted molar refractivity (Wildman–Crippen MR) is 115 cm³/mol. The van der Waals surface area contributed by atoms with E-state index >= 15 is 0 Å². The van der Waals surface area contributed by atoms with Crippen molar-refractivity contribution >= 4 is 18.3 Å². The molecule has 1 fully saturated rings. The van der Waals surface area contributed by atoms with Gasteiger partial charge in [0.15, 0.2) is 0 Å². The average molecular weight is 397 g/mol. The van der Waals surface area contributed by atoms with Crippen molar-refractivity contribution in [1.82, 2.24) is 10.2 Å². The quantitative estimate of drug-likeness (QED) is 0.711. The van der Waals surface area contributed by atoms with Crippen molar-refractivity contribution in [3.63, 3.8) is 0 Å². The molecular formula is C22H37ClN2O2. The van der Waals surface area contributed by atoms with E-state index in [1.54, 1.807) is 7.11 Å². The van der Waals surface area contributed by atoms with Crippen LogP contribution in [0.4, 0.5) is 0 Å². The number of carbonyl (C=O) groups is 1. The summed E-state index contributed by atoms with van der Waals surface area (Å²) in [6.45, 7) is 10.4. The van der Waals surface area contributed by atoms with Crippen LogP contribution in [0.2, 0.25) is 0 Å². The van der Waals surface area contributed by atoms with Crippen LogP contribution >= 0.6 is 12.4 Å². The van der Waals surface area contributed by atoms with Crippen LogP contribution < -0.4 is 10.1 Å². The van der Waals surface area contributed by atoms with Gasteiger partial charge < -0.3 is 15.0 Å². The van der Waals surface area contributed by atoms with Crippen molar-refractivity contribution in [2.45, 2.75) is 52.9 Å². The molecule has 1 N–H and O–H groups in total. The molecule has 2 rings (SSSR count). The topological polar surface area (TPSA) is 41.6 Å². The first-order valence-corrected chi connectivity index (χ1v) is 9.99. The maximum Gasteiger partial charge on any atom is 0.222 e. The first kappa shape index (κ1) is 23.8. The standard InChI is InChI=1S/C22H36N2O2.ClH/c1-22(2,3)17-24(16-13-18-5-8-20(26-4)9-6-18)21(25)10-7-19-11-14-23-15-12-19;/h5-6,8-9,19,23H,7,10-17H2,1-4H3;1H. The summed E-state index contributed by atoms with van der Waals surface area (Å²) in [5, 5.41) is 3.40. The molecule has 27 heavy (non-hydrogen) atoms. The van der Waals surface area contributed by atoms with E-state index in [4.69, 9.17) is 4.74 Å². The molecule has 0 atom stereocenters. The molecular weight excluding hydrogens is 360 g/mol. The van der Waals surface area contributed by atoms with Crippen molar-refractivity contribution in [2.24, 2.45) is 11.3 Å². The number of carbonyl (C=O) groups excluding carboxylic acids is 1. The fraction of sp³-hybridized carbons (Fsp3) is 0.682. The Balaban J connectivity index is 0.00000364. The van der Waals surface area contributed by atoms with Crippen LogP contribution in [0.1, 0.15) is 52.0 Å². The lowest BCUT2D eigenvalue weighted by Crippen LogP contribution is -2.39. The van der Waals surface area contributed by atoms with Gasteiger partial charge in [-0.2, -0.15) is 0 Å². The third-order valence-corrected chi connectivity index (χ3v) is 5.07. The Kier molecular flexibility index (Phi) is 10.2. The van der Waals surface area contributed by atoms with Crippen LogP contribution in [0.3, 0.4) is 0 Å². The molecule has 1 heterocycles. The first-order chi connectivity index (χ1) is 12.4. The summed E-state index contributed by atoms with van der Waals surface area (Å²) in [7, 11) is 1.68. The number of nitrogens with one attached hydrogen (secondary N) is 1. The zero-order valence-electron chi connectivity index (χ0n) is 17.4. The number of nitrogens with zero attached hydrogens (tertiary/aromatic N) is 1. The molecule has 1 aromatic rings. The third kappa shape index (κ3) is 8.98. The van der Waals surface area contributed by atoms with Crippen molar-refractivity contribution < 1.29 is 9.53 Å². The van der Waals surface area contributed by atoms with Gasteiger partial charge >= 0.3 is 0 Å². The summed E-state index contributed by atoms with van der Waals surface area (Å²) < 4.78 is 5.22. The molecule has 1 saturated heterocycles. The second-order valence-corrected chi connectivity index (χ2v) is 8.71. The van der Waals surface area contributed by atoms with Crippen LogP contribution in [-0.4, -0.2) is 44.1 Å². The lowest BCUT2D eigenvalue weighted by Gasteiger charge is -2.31. The van der Waals surface area contributed by atoms with E-state index in [9.17, 15) is 4.79 Å². The van der Waals surface area contributed by atoms with Gasteiger partial charge in [-0.3, -0.25) is 4.79 Å². The first-order valence-electron chi connectivity index (χ1n) is 9.99. The fourth-order valence-electron chi connectivity index (χ4n) is 3.58.